The Bertz CT molecular complexity index is 351. The number of ether oxygens (including phenoxy) is 1. The van der Waals surface area contributed by atoms with Gasteiger partial charge in [0.15, 0.2) is 0 Å². The van der Waals surface area contributed by atoms with E-state index in [4.69, 9.17) is 4.74 Å². The Morgan fingerprint density at radius 1 is 1.31 bits per heavy atom. The molecule has 1 rings (SSSR count). The summed E-state index contributed by atoms with van der Waals surface area (Å²) in [6.45, 7) is 5.47. The molecule has 0 fully saturated rings. The van der Waals surface area contributed by atoms with Crippen molar-refractivity contribution in [3.05, 3.63) is 29.8 Å². The molecule has 1 aromatic rings. The molecule has 0 aliphatic carbocycles. The molecule has 0 aromatic heterocycles. The number of hydrogen-bond acceptors (Lipinski definition) is 3. The lowest BCUT2D eigenvalue weighted by molar-refractivity contribution is 0.289. The molecule has 16 heavy (non-hydrogen) atoms. The molecule has 86 valence electrons. The Morgan fingerprint density at radius 3 is 2.56 bits per heavy atom. The second-order valence-corrected chi connectivity index (χ2v) is 4.08. The average Bonchev–Trinajstić information content (AvgIpc) is 2.27. The summed E-state index contributed by atoms with van der Waals surface area (Å²) in [4.78, 5) is 13.4. The summed E-state index contributed by atoms with van der Waals surface area (Å²) in [5.74, 6) is 1.51. The third-order valence-corrected chi connectivity index (χ3v) is 2.21. The SMILES string of the molecule is CC(C)CCOc1ccc(CN=C=O)cc1. The van der Waals surface area contributed by atoms with E-state index in [-0.39, 0.29) is 0 Å². The Kier molecular flexibility index (Phi) is 5.30. The Morgan fingerprint density at radius 2 is 2.00 bits per heavy atom. The van der Waals surface area contributed by atoms with E-state index >= 15 is 0 Å². The van der Waals surface area contributed by atoms with Crippen LogP contribution in [0.1, 0.15) is 25.8 Å². The number of isocyanates is 1. The molecule has 1 aromatic carbocycles. The number of carbonyl (C=O) groups excluding carboxylic acids is 1. The largest absolute Gasteiger partial charge is 0.494 e. The van der Waals surface area contributed by atoms with Gasteiger partial charge in [-0.15, -0.1) is 0 Å². The summed E-state index contributed by atoms with van der Waals surface area (Å²) in [6, 6.07) is 7.61. The average molecular weight is 219 g/mol. The normalized spacial score (nSPS) is 9.94. The van der Waals surface area contributed by atoms with Crippen molar-refractivity contribution >= 4 is 6.08 Å². The zero-order valence-corrected chi connectivity index (χ0v) is 9.77. The maximum atomic E-state index is 9.93. The molecule has 0 aliphatic rings. The Labute approximate surface area is 96.2 Å². The lowest BCUT2D eigenvalue weighted by Gasteiger charge is -2.08. The van der Waals surface area contributed by atoms with E-state index in [1.165, 1.54) is 6.08 Å². The van der Waals surface area contributed by atoms with Gasteiger partial charge >= 0.3 is 0 Å². The van der Waals surface area contributed by atoms with Crippen molar-refractivity contribution in [3.63, 3.8) is 0 Å². The first-order valence-electron chi connectivity index (χ1n) is 5.47. The molecule has 0 radical (unpaired) electrons. The first kappa shape index (κ1) is 12.5. The van der Waals surface area contributed by atoms with Crippen LogP contribution in [0.2, 0.25) is 0 Å². The highest BCUT2D eigenvalue weighted by molar-refractivity contribution is 5.34. The second-order valence-electron chi connectivity index (χ2n) is 4.08. The van der Waals surface area contributed by atoms with Crippen molar-refractivity contribution in [2.75, 3.05) is 6.61 Å². The van der Waals surface area contributed by atoms with Crippen molar-refractivity contribution < 1.29 is 9.53 Å². The van der Waals surface area contributed by atoms with Crippen LogP contribution in [0.5, 0.6) is 5.75 Å². The van der Waals surface area contributed by atoms with Crippen molar-refractivity contribution in [3.8, 4) is 5.75 Å². The summed E-state index contributed by atoms with van der Waals surface area (Å²) in [7, 11) is 0. The molecular formula is C13H17NO2. The fraction of sp³-hybridized carbons (Fsp3) is 0.462. The van der Waals surface area contributed by atoms with E-state index in [9.17, 15) is 4.79 Å². The minimum absolute atomic E-state index is 0.385. The predicted octanol–water partition coefficient (Wildman–Crippen LogP) is 2.95. The third-order valence-electron chi connectivity index (χ3n) is 2.21. The number of rotatable bonds is 6. The van der Waals surface area contributed by atoms with E-state index in [1.807, 2.05) is 24.3 Å². The van der Waals surface area contributed by atoms with Gasteiger partial charge in [-0.1, -0.05) is 26.0 Å². The number of hydrogen-bond donors (Lipinski definition) is 0. The summed E-state index contributed by atoms with van der Waals surface area (Å²) in [5, 5.41) is 0. The quantitative estimate of drug-likeness (QED) is 0.545. The van der Waals surface area contributed by atoms with Gasteiger partial charge in [0.25, 0.3) is 0 Å². The van der Waals surface area contributed by atoms with E-state index in [2.05, 4.69) is 18.8 Å². The molecule has 0 bridgehead atoms. The Balaban J connectivity index is 2.41. The van der Waals surface area contributed by atoms with Crippen molar-refractivity contribution in [2.24, 2.45) is 10.9 Å². The van der Waals surface area contributed by atoms with E-state index in [0.29, 0.717) is 12.5 Å². The fourth-order valence-corrected chi connectivity index (χ4v) is 1.23. The molecule has 0 atom stereocenters. The topological polar surface area (TPSA) is 38.7 Å². The van der Waals surface area contributed by atoms with Crippen LogP contribution in [0.15, 0.2) is 29.3 Å². The van der Waals surface area contributed by atoms with E-state index in [1.54, 1.807) is 0 Å². The van der Waals surface area contributed by atoms with Crippen LogP contribution in [0, 0.1) is 5.92 Å². The monoisotopic (exact) mass is 219 g/mol. The van der Waals surface area contributed by atoms with Crippen LogP contribution in [-0.4, -0.2) is 12.7 Å². The highest BCUT2D eigenvalue weighted by Crippen LogP contribution is 2.13. The van der Waals surface area contributed by atoms with Gasteiger partial charge in [0.2, 0.25) is 6.08 Å². The van der Waals surface area contributed by atoms with Crippen LogP contribution in [0.25, 0.3) is 0 Å². The summed E-state index contributed by atoms with van der Waals surface area (Å²) in [6.07, 6.45) is 2.57. The molecule has 0 N–H and O–H groups in total. The zero-order valence-electron chi connectivity index (χ0n) is 9.77. The standard InChI is InChI=1S/C13H17NO2/c1-11(2)7-8-16-13-5-3-12(4-6-13)9-14-10-15/h3-6,11H,7-9H2,1-2H3. The molecule has 0 aliphatic heterocycles. The van der Waals surface area contributed by atoms with Crippen molar-refractivity contribution in [1.82, 2.24) is 0 Å². The molecule has 0 spiro atoms. The van der Waals surface area contributed by atoms with Gasteiger partial charge < -0.3 is 4.74 Å². The van der Waals surface area contributed by atoms with Gasteiger partial charge in [-0.25, -0.2) is 9.79 Å². The van der Waals surface area contributed by atoms with Gasteiger partial charge in [-0.05, 0) is 30.0 Å². The van der Waals surface area contributed by atoms with Crippen molar-refractivity contribution in [1.29, 1.82) is 0 Å². The van der Waals surface area contributed by atoms with Gasteiger partial charge in [0.1, 0.15) is 5.75 Å². The number of aliphatic imine (C=N–C) groups is 1. The second kappa shape index (κ2) is 6.81. The Hall–Kier alpha value is -1.60. The minimum atomic E-state index is 0.385. The molecule has 3 heteroatoms. The summed E-state index contributed by atoms with van der Waals surface area (Å²) in [5.41, 5.74) is 0.986. The van der Waals surface area contributed by atoms with E-state index < -0.39 is 0 Å². The molecule has 0 unspecified atom stereocenters. The molecule has 0 heterocycles. The lowest BCUT2D eigenvalue weighted by Crippen LogP contribution is -2.01. The molecule has 0 amide bonds. The number of nitrogens with zero attached hydrogens (tertiary/aromatic N) is 1. The predicted molar refractivity (Wildman–Crippen MR) is 63.2 cm³/mol. The van der Waals surface area contributed by atoms with Crippen LogP contribution in [-0.2, 0) is 11.3 Å². The van der Waals surface area contributed by atoms with Gasteiger partial charge in [0, 0.05) is 0 Å². The molecule has 3 nitrogen and oxygen atoms in total. The molecular weight excluding hydrogens is 202 g/mol. The summed E-state index contributed by atoms with van der Waals surface area (Å²) < 4.78 is 5.57. The van der Waals surface area contributed by atoms with Crippen LogP contribution < -0.4 is 4.74 Å². The smallest absolute Gasteiger partial charge is 0.235 e. The van der Waals surface area contributed by atoms with Crippen LogP contribution in [0.3, 0.4) is 0 Å². The minimum Gasteiger partial charge on any atom is -0.494 e. The van der Waals surface area contributed by atoms with Gasteiger partial charge in [-0.3, -0.25) is 0 Å². The van der Waals surface area contributed by atoms with Crippen LogP contribution >= 0.6 is 0 Å². The van der Waals surface area contributed by atoms with Gasteiger partial charge in [0.05, 0.1) is 13.2 Å². The highest BCUT2D eigenvalue weighted by atomic mass is 16.5. The maximum absolute atomic E-state index is 9.93. The number of benzene rings is 1. The highest BCUT2D eigenvalue weighted by Gasteiger charge is 1.97. The maximum Gasteiger partial charge on any atom is 0.235 e. The fourth-order valence-electron chi connectivity index (χ4n) is 1.23. The zero-order chi connectivity index (χ0) is 11.8. The van der Waals surface area contributed by atoms with Gasteiger partial charge in [-0.2, -0.15) is 0 Å². The summed E-state index contributed by atoms with van der Waals surface area (Å²) >= 11 is 0. The first-order chi connectivity index (χ1) is 7.72. The molecule has 0 saturated carbocycles. The first-order valence-corrected chi connectivity index (χ1v) is 5.47. The lowest BCUT2D eigenvalue weighted by atomic mass is 10.1. The van der Waals surface area contributed by atoms with Crippen molar-refractivity contribution in [2.45, 2.75) is 26.8 Å². The molecule has 0 saturated heterocycles. The third kappa shape index (κ3) is 4.76. The van der Waals surface area contributed by atoms with Crippen LogP contribution in [0.4, 0.5) is 0 Å². The van der Waals surface area contributed by atoms with E-state index in [0.717, 1.165) is 24.3 Å².